The third-order valence-corrected chi connectivity index (χ3v) is 4.21. The summed E-state index contributed by atoms with van der Waals surface area (Å²) in [5.41, 5.74) is -0.289. The lowest BCUT2D eigenvalue weighted by molar-refractivity contribution is -0.672. The molecule has 25 heavy (non-hydrogen) atoms. The van der Waals surface area contributed by atoms with Crippen molar-refractivity contribution in [1.29, 1.82) is 0 Å². The average Bonchev–Trinajstić information content (AvgIpc) is 3.00. The molecule has 9 heteroatoms. The van der Waals surface area contributed by atoms with E-state index in [4.69, 9.17) is 32.5 Å². The van der Waals surface area contributed by atoms with Crippen molar-refractivity contribution in [2.45, 2.75) is 0 Å². The van der Waals surface area contributed by atoms with E-state index in [9.17, 15) is 9.59 Å². The summed E-state index contributed by atoms with van der Waals surface area (Å²) in [6.45, 7) is 0. The fourth-order valence-corrected chi connectivity index (χ4v) is 2.51. The molecule has 0 saturated carbocycles. The van der Waals surface area contributed by atoms with Gasteiger partial charge in [0.25, 0.3) is 0 Å². The van der Waals surface area contributed by atoms with Crippen LogP contribution in [0, 0.1) is 0 Å². The highest BCUT2D eigenvalue weighted by molar-refractivity contribution is 6.44. The number of carbonyl (C=O) groups excluding carboxylic acids is 1. The third-order valence-electron chi connectivity index (χ3n) is 3.39. The first-order valence-electron chi connectivity index (χ1n) is 7.04. The molecule has 0 atom stereocenters. The average molecular weight is 381 g/mol. The van der Waals surface area contributed by atoms with Crippen molar-refractivity contribution in [2.24, 2.45) is 0 Å². The van der Waals surface area contributed by atoms with Crippen LogP contribution in [-0.2, 0) is 0 Å². The molecule has 0 aliphatic rings. The molecule has 0 unspecified atom stereocenters. The third kappa shape index (κ3) is 3.38. The molecule has 3 aromatic rings. The van der Waals surface area contributed by atoms with Gasteiger partial charge in [-0.05, 0) is 34.2 Å². The second-order valence-electron chi connectivity index (χ2n) is 4.92. The number of benzene rings is 2. The highest BCUT2D eigenvalue weighted by atomic mass is 35.5. The maximum absolute atomic E-state index is 12.5. The normalized spacial score (nSPS) is 10.5. The largest absolute Gasteiger partial charge is 0.497 e. The molecule has 128 valence electrons. The first-order valence-corrected chi connectivity index (χ1v) is 7.80. The Morgan fingerprint density at radius 1 is 1.20 bits per heavy atom. The van der Waals surface area contributed by atoms with Crippen LogP contribution in [-0.4, -0.2) is 18.3 Å². The Labute approximate surface area is 151 Å². The summed E-state index contributed by atoms with van der Waals surface area (Å²) in [6, 6.07) is 11.5. The summed E-state index contributed by atoms with van der Waals surface area (Å²) >= 11 is 12.0. The molecule has 2 aromatic carbocycles. The van der Waals surface area contributed by atoms with Crippen LogP contribution in [0.2, 0.25) is 10.0 Å². The van der Waals surface area contributed by atoms with Crippen LogP contribution < -0.4 is 20.4 Å². The zero-order chi connectivity index (χ0) is 18.0. The molecule has 0 spiro atoms. The lowest BCUT2D eigenvalue weighted by Gasteiger charge is -2.05. The number of anilines is 1. The van der Waals surface area contributed by atoms with Gasteiger partial charge in [0.05, 0.1) is 22.8 Å². The Hall–Kier alpha value is -2.77. The van der Waals surface area contributed by atoms with Gasteiger partial charge in [0.2, 0.25) is 5.69 Å². The number of nitrogens with zero attached hydrogens (tertiary/aromatic N) is 1. The van der Waals surface area contributed by atoms with Gasteiger partial charge in [-0.2, -0.15) is 0 Å². The SMILES string of the molecule is COc1ccc(-[n+]2[nH]oc(=O)c2C(=O)Nc2cccc(Cl)c2Cl)cc1. The topological polar surface area (TPSA) is 88.2 Å². The second-order valence-corrected chi connectivity index (χ2v) is 5.70. The first-order chi connectivity index (χ1) is 12.0. The summed E-state index contributed by atoms with van der Waals surface area (Å²) < 4.78 is 11.0. The number of aromatic nitrogens is 2. The smallest absolute Gasteiger partial charge is 0.441 e. The maximum Gasteiger partial charge on any atom is 0.441 e. The lowest BCUT2D eigenvalue weighted by Crippen LogP contribution is -2.42. The second kappa shape index (κ2) is 7.00. The predicted octanol–water partition coefficient (Wildman–Crippen LogP) is 2.81. The van der Waals surface area contributed by atoms with Crippen LogP contribution in [0.25, 0.3) is 5.69 Å². The number of amides is 1. The molecule has 0 aliphatic carbocycles. The zero-order valence-corrected chi connectivity index (χ0v) is 14.4. The van der Waals surface area contributed by atoms with Crippen LogP contribution in [0.15, 0.2) is 51.8 Å². The summed E-state index contributed by atoms with van der Waals surface area (Å²) in [4.78, 5) is 24.5. The minimum atomic E-state index is -0.827. The number of rotatable bonds is 4. The Bertz CT molecular complexity index is 980. The van der Waals surface area contributed by atoms with Gasteiger partial charge in [0, 0.05) is 12.1 Å². The summed E-state index contributed by atoms with van der Waals surface area (Å²) in [5, 5.41) is 5.39. The Morgan fingerprint density at radius 3 is 2.60 bits per heavy atom. The molecule has 1 heterocycles. The van der Waals surface area contributed by atoms with Crippen molar-refractivity contribution in [3.8, 4) is 11.4 Å². The van der Waals surface area contributed by atoms with Crippen LogP contribution in [0.4, 0.5) is 5.69 Å². The van der Waals surface area contributed by atoms with Crippen molar-refractivity contribution in [3.63, 3.8) is 0 Å². The van der Waals surface area contributed by atoms with Crippen molar-refractivity contribution < 1.29 is 18.7 Å². The van der Waals surface area contributed by atoms with E-state index in [0.29, 0.717) is 11.4 Å². The molecule has 0 saturated heterocycles. The first kappa shape index (κ1) is 17.1. The number of aromatic amines is 1. The zero-order valence-electron chi connectivity index (χ0n) is 12.9. The van der Waals surface area contributed by atoms with Gasteiger partial charge < -0.3 is 10.1 Å². The Kier molecular flexibility index (Phi) is 4.78. The van der Waals surface area contributed by atoms with Gasteiger partial charge in [0.15, 0.2) is 0 Å². The number of hydrogen-bond acceptors (Lipinski definition) is 4. The van der Waals surface area contributed by atoms with E-state index in [1.165, 1.54) is 11.8 Å². The predicted molar refractivity (Wildman–Crippen MR) is 91.8 cm³/mol. The molecule has 7 nitrogen and oxygen atoms in total. The van der Waals surface area contributed by atoms with Crippen molar-refractivity contribution in [2.75, 3.05) is 12.4 Å². The standard InChI is InChI=1S/C16H11Cl2N3O4/c1-24-10-7-5-9(6-8-10)21-14(16(23)25-20-21)15(22)19-12-4-2-3-11(17)13(12)18/h2-8H,1H3,(H-,19,20,22,23)/p+1. The number of halogens is 2. The van der Waals surface area contributed by atoms with E-state index < -0.39 is 11.5 Å². The van der Waals surface area contributed by atoms with E-state index in [1.807, 2.05) is 0 Å². The van der Waals surface area contributed by atoms with Gasteiger partial charge in [0.1, 0.15) is 5.75 Å². The maximum atomic E-state index is 12.5. The van der Waals surface area contributed by atoms with Crippen molar-refractivity contribution >= 4 is 34.8 Å². The molecule has 3 rings (SSSR count). The summed E-state index contributed by atoms with van der Waals surface area (Å²) in [5.74, 6) is -0.0677. The molecule has 2 N–H and O–H groups in total. The summed E-state index contributed by atoms with van der Waals surface area (Å²) in [6.07, 6.45) is 0. The number of nitrogens with one attached hydrogen (secondary N) is 2. The van der Waals surface area contributed by atoms with Gasteiger partial charge in [-0.15, -0.1) is 0 Å². The number of methoxy groups -OCH3 is 1. The molecule has 0 fully saturated rings. The number of carbonyl (C=O) groups is 1. The lowest BCUT2D eigenvalue weighted by atomic mass is 10.2. The fraction of sp³-hybridized carbons (Fsp3) is 0.0625. The number of ether oxygens (including phenoxy) is 1. The van der Waals surface area contributed by atoms with E-state index >= 15 is 0 Å². The number of H-pyrrole nitrogens is 1. The van der Waals surface area contributed by atoms with Gasteiger partial charge in [-0.25, -0.2) is 4.79 Å². The molecular formula is C16H12Cl2N3O4+. The Balaban J connectivity index is 1.97. The minimum absolute atomic E-state index is 0.174. The van der Waals surface area contributed by atoms with Crippen LogP contribution in [0.3, 0.4) is 0 Å². The quantitative estimate of drug-likeness (QED) is 0.681. The van der Waals surface area contributed by atoms with Gasteiger partial charge >= 0.3 is 17.2 Å². The molecular weight excluding hydrogens is 369 g/mol. The minimum Gasteiger partial charge on any atom is -0.497 e. The van der Waals surface area contributed by atoms with Crippen molar-refractivity contribution in [1.82, 2.24) is 5.27 Å². The van der Waals surface area contributed by atoms with Gasteiger partial charge in [-0.1, -0.05) is 29.3 Å². The monoisotopic (exact) mass is 380 g/mol. The summed E-state index contributed by atoms with van der Waals surface area (Å²) in [7, 11) is 1.54. The number of hydrogen-bond donors (Lipinski definition) is 2. The molecule has 0 radical (unpaired) electrons. The van der Waals surface area contributed by atoms with Crippen LogP contribution in [0.5, 0.6) is 5.75 Å². The van der Waals surface area contributed by atoms with Gasteiger partial charge in [-0.3, -0.25) is 9.32 Å². The fourth-order valence-electron chi connectivity index (χ4n) is 2.16. The highest BCUT2D eigenvalue weighted by Gasteiger charge is 2.31. The molecule has 0 bridgehead atoms. The van der Waals surface area contributed by atoms with E-state index in [2.05, 4.69) is 10.6 Å². The highest BCUT2D eigenvalue weighted by Crippen LogP contribution is 2.29. The molecule has 1 amide bonds. The van der Waals surface area contributed by atoms with E-state index in [0.717, 1.165) is 0 Å². The van der Waals surface area contributed by atoms with E-state index in [1.54, 1.807) is 42.5 Å². The van der Waals surface area contributed by atoms with Crippen molar-refractivity contribution in [3.05, 3.63) is 68.6 Å². The van der Waals surface area contributed by atoms with Crippen LogP contribution >= 0.6 is 23.2 Å². The Morgan fingerprint density at radius 2 is 1.92 bits per heavy atom. The molecule has 0 aliphatic heterocycles. The van der Waals surface area contributed by atoms with E-state index in [-0.39, 0.29) is 21.4 Å². The molecule has 1 aromatic heterocycles. The van der Waals surface area contributed by atoms with Crippen LogP contribution in [0.1, 0.15) is 10.5 Å².